The number of fused-ring (bicyclic) bond motifs is 1. The zero-order valence-corrected chi connectivity index (χ0v) is 9.80. The van der Waals surface area contributed by atoms with Crippen molar-refractivity contribution in [2.75, 3.05) is 0 Å². The molecule has 0 aliphatic carbocycles. The Morgan fingerprint density at radius 2 is 2.05 bits per heavy atom. The third kappa shape index (κ3) is 2.78. The summed E-state index contributed by atoms with van der Waals surface area (Å²) in [7, 11) is 1.29. The molecule has 1 heterocycles. The summed E-state index contributed by atoms with van der Waals surface area (Å²) in [5, 5.41) is 14.4. The number of rotatable bonds is 2. The summed E-state index contributed by atoms with van der Waals surface area (Å²) in [5.74, 6) is 0. The summed E-state index contributed by atoms with van der Waals surface area (Å²) in [5.41, 5.74) is -0.104. The molecule has 0 bridgehead atoms. The minimum atomic E-state index is -4.94. The van der Waals surface area contributed by atoms with Crippen LogP contribution in [0, 0.1) is 17.0 Å². The minimum Gasteiger partial charge on any atom is -0.258 e. The number of hydrogen-bond donors (Lipinski definition) is 0. The van der Waals surface area contributed by atoms with E-state index in [0.717, 1.165) is 4.68 Å². The van der Waals surface area contributed by atoms with Crippen molar-refractivity contribution in [1.29, 1.82) is 0 Å². The quantitative estimate of drug-likeness (QED) is 0.479. The molecule has 2 rings (SSSR count). The molecule has 0 aliphatic heterocycles. The minimum absolute atomic E-state index is 0. The second-order valence-corrected chi connectivity index (χ2v) is 3.83. The third-order valence-corrected chi connectivity index (χ3v) is 2.35. The fourth-order valence-electron chi connectivity index (χ4n) is 1.74. The molecule has 0 spiro atoms. The van der Waals surface area contributed by atoms with Gasteiger partial charge in [0.05, 0.1) is 9.77 Å². The van der Waals surface area contributed by atoms with E-state index in [1.165, 1.54) is 26.1 Å². The maximum absolute atomic E-state index is 12.2. The monoisotopic (exact) mass is 293 g/mol. The average molecular weight is 293 g/mol. The summed E-state index contributed by atoms with van der Waals surface area (Å²) in [6.07, 6.45) is -4.94. The first-order valence-electron chi connectivity index (χ1n) is 4.99. The van der Waals surface area contributed by atoms with Gasteiger partial charge in [0, 0.05) is 6.07 Å². The zero-order chi connectivity index (χ0) is 14.4. The van der Waals surface area contributed by atoms with Crippen LogP contribution in [0.2, 0.25) is 0 Å². The number of alkyl halides is 3. The van der Waals surface area contributed by atoms with Gasteiger partial charge in [0.2, 0.25) is 0 Å². The number of nitrogens with zero attached hydrogens (tertiary/aromatic N) is 4. The Bertz CT molecular complexity index is 666. The summed E-state index contributed by atoms with van der Waals surface area (Å²) in [6, 6.07) is 2.57. The molecule has 1 aromatic heterocycles. The van der Waals surface area contributed by atoms with Crippen molar-refractivity contribution in [2.24, 2.45) is 7.05 Å². The van der Waals surface area contributed by atoms with Gasteiger partial charge < -0.3 is 0 Å². The fourth-order valence-corrected chi connectivity index (χ4v) is 1.74. The van der Waals surface area contributed by atoms with Gasteiger partial charge in [0.25, 0.3) is 11.0 Å². The van der Waals surface area contributed by atoms with Crippen molar-refractivity contribution >= 4 is 16.7 Å². The molecule has 2 aromatic rings. The Morgan fingerprint density at radius 1 is 1.45 bits per heavy atom. The van der Waals surface area contributed by atoms with Crippen LogP contribution in [0.4, 0.5) is 18.9 Å². The lowest BCUT2D eigenvalue weighted by Gasteiger charge is -2.00. The van der Waals surface area contributed by atoms with Gasteiger partial charge in [-0.15, -0.1) is 17.9 Å². The van der Waals surface area contributed by atoms with Crippen LogP contribution in [-0.4, -0.2) is 21.3 Å². The molecule has 1 aromatic carbocycles. The predicted molar refractivity (Wildman–Crippen MR) is 61.7 cm³/mol. The van der Waals surface area contributed by atoms with E-state index in [0.29, 0.717) is 5.56 Å². The highest BCUT2D eigenvalue weighted by Gasteiger charge is 2.39. The van der Waals surface area contributed by atoms with Gasteiger partial charge in [-0.05, 0) is 18.6 Å². The first kappa shape index (κ1) is 15.7. The summed E-state index contributed by atoms with van der Waals surface area (Å²) >= 11 is 0. The highest BCUT2D eigenvalue weighted by molar-refractivity contribution is 5.81. The van der Waals surface area contributed by atoms with Gasteiger partial charge in [-0.25, -0.2) is 4.84 Å². The van der Waals surface area contributed by atoms with Gasteiger partial charge in [-0.1, -0.05) is 7.43 Å². The van der Waals surface area contributed by atoms with Crippen LogP contribution in [0.3, 0.4) is 0 Å². The number of hydrogen-bond acceptors (Lipinski definition) is 4. The molecule has 0 unspecified atom stereocenters. The third-order valence-electron chi connectivity index (χ3n) is 2.35. The number of nitro benzene ring substituents is 1. The standard InChI is InChI=1S/C9H8F3N4O3.CH4/c1-5-3-6-8(7(4-5)16(17)18)14(2)13-15(6)19-9(10,11)12;/h3-4H,1-2H3;1H4/q+1;. The highest BCUT2D eigenvalue weighted by Crippen LogP contribution is 2.24. The topological polar surface area (TPSA) is 74.1 Å². The normalized spacial score (nSPS) is 11.2. The van der Waals surface area contributed by atoms with Crippen molar-refractivity contribution in [3.63, 3.8) is 0 Å². The van der Waals surface area contributed by atoms with Gasteiger partial charge in [0.15, 0.2) is 0 Å². The summed E-state index contributed by atoms with van der Waals surface area (Å²) in [4.78, 5) is 14.1. The number of halogens is 3. The molecule has 0 saturated heterocycles. The second-order valence-electron chi connectivity index (χ2n) is 3.83. The molecule has 0 amide bonds. The van der Waals surface area contributed by atoms with Crippen LogP contribution < -0.4 is 9.52 Å². The Morgan fingerprint density at radius 3 is 2.55 bits per heavy atom. The van der Waals surface area contributed by atoms with Crippen molar-refractivity contribution in [3.8, 4) is 0 Å². The fraction of sp³-hybridized carbons (Fsp3) is 0.400. The lowest BCUT2D eigenvalue weighted by atomic mass is 10.2. The van der Waals surface area contributed by atoms with Crippen LogP contribution in [-0.2, 0) is 7.05 Å². The smallest absolute Gasteiger partial charge is 0.258 e. The second kappa shape index (κ2) is 4.94. The van der Waals surface area contributed by atoms with E-state index in [-0.39, 0.29) is 29.0 Å². The Balaban J connectivity index is 0.00000200. The maximum Gasteiger partial charge on any atom is 0.610 e. The lowest BCUT2D eigenvalue weighted by Crippen LogP contribution is -2.35. The van der Waals surface area contributed by atoms with Crippen LogP contribution >= 0.6 is 0 Å². The van der Waals surface area contributed by atoms with Crippen LogP contribution in [0.25, 0.3) is 11.0 Å². The van der Waals surface area contributed by atoms with Gasteiger partial charge in [-0.3, -0.25) is 10.1 Å². The highest BCUT2D eigenvalue weighted by atomic mass is 19.4. The Kier molecular flexibility index (Phi) is 3.87. The van der Waals surface area contributed by atoms with E-state index in [2.05, 4.69) is 10.1 Å². The molecule has 0 radical (unpaired) electrons. The zero-order valence-electron chi connectivity index (χ0n) is 9.80. The first-order valence-corrected chi connectivity index (χ1v) is 4.99. The van der Waals surface area contributed by atoms with Crippen molar-refractivity contribution in [1.82, 2.24) is 10.1 Å². The molecular weight excluding hydrogens is 281 g/mol. The molecule has 0 atom stereocenters. The van der Waals surface area contributed by atoms with E-state index in [9.17, 15) is 23.3 Å². The molecule has 7 nitrogen and oxygen atoms in total. The van der Waals surface area contributed by atoms with Gasteiger partial charge in [0.1, 0.15) is 12.3 Å². The van der Waals surface area contributed by atoms with E-state index >= 15 is 0 Å². The first-order chi connectivity index (χ1) is 8.69. The lowest BCUT2D eigenvalue weighted by molar-refractivity contribution is -0.713. The largest absolute Gasteiger partial charge is 0.610 e. The molecule has 20 heavy (non-hydrogen) atoms. The van der Waals surface area contributed by atoms with Crippen molar-refractivity contribution in [3.05, 3.63) is 27.8 Å². The average Bonchev–Trinajstić information content (AvgIpc) is 2.52. The van der Waals surface area contributed by atoms with Crippen LogP contribution in [0.15, 0.2) is 12.1 Å². The van der Waals surface area contributed by atoms with Crippen LogP contribution in [0.1, 0.15) is 13.0 Å². The SMILES string of the molecule is C.Cc1cc([N+](=O)[O-])c2c(c1)n(OC(F)(F)F)n[n+]2C. The molecule has 0 saturated carbocycles. The molecule has 0 N–H and O–H groups in total. The maximum atomic E-state index is 12.2. The predicted octanol–water partition coefficient (Wildman–Crippen LogP) is 1.66. The van der Waals surface area contributed by atoms with E-state index in [4.69, 9.17) is 0 Å². The van der Waals surface area contributed by atoms with E-state index in [1.807, 2.05) is 0 Å². The van der Waals surface area contributed by atoms with E-state index < -0.39 is 11.3 Å². The summed E-state index contributed by atoms with van der Waals surface area (Å²) < 4.78 is 37.6. The number of aromatic nitrogens is 3. The van der Waals surface area contributed by atoms with Crippen LogP contribution in [0.5, 0.6) is 0 Å². The molecule has 110 valence electrons. The molecule has 10 heteroatoms. The van der Waals surface area contributed by atoms with Gasteiger partial charge in [-0.2, -0.15) is 0 Å². The number of aryl methyl sites for hydroxylation is 2. The molecule has 0 aliphatic rings. The Labute approximate surface area is 111 Å². The molecule has 0 fully saturated rings. The molecular formula is C10H12F3N4O3+. The number of benzene rings is 1. The van der Waals surface area contributed by atoms with Crippen molar-refractivity contribution < 1.29 is 27.6 Å². The summed E-state index contributed by atoms with van der Waals surface area (Å²) in [6.45, 7) is 1.53. The van der Waals surface area contributed by atoms with E-state index in [1.54, 1.807) is 0 Å². The number of nitro groups is 1. The van der Waals surface area contributed by atoms with Crippen molar-refractivity contribution in [2.45, 2.75) is 20.7 Å². The Hall–Kier alpha value is -2.39. The van der Waals surface area contributed by atoms with Gasteiger partial charge >= 0.3 is 12.0 Å². The number of non-ortho nitro benzene ring substituents is 1.